The van der Waals surface area contributed by atoms with Crippen molar-refractivity contribution in [1.29, 1.82) is 0 Å². The van der Waals surface area contributed by atoms with Crippen molar-refractivity contribution >= 4 is 5.78 Å². The summed E-state index contributed by atoms with van der Waals surface area (Å²) >= 11 is 0. The van der Waals surface area contributed by atoms with E-state index in [0.29, 0.717) is 12.2 Å². The van der Waals surface area contributed by atoms with Crippen molar-refractivity contribution in [3.63, 3.8) is 0 Å². The van der Waals surface area contributed by atoms with Crippen molar-refractivity contribution in [2.45, 2.75) is 45.4 Å². The average Bonchev–Trinajstić information content (AvgIpc) is 2.39. The standard InChI is InChI=1S/C16H22O2/c1-2-12-6-8-14(9-7-12)16(18)11-13-4-3-5-15(17)10-13/h3-5,10,12,14,17H,2,6-9,11H2,1H3. The maximum absolute atomic E-state index is 12.2. The van der Waals surface area contributed by atoms with Gasteiger partial charge in [0.05, 0.1) is 0 Å². The molecule has 2 nitrogen and oxygen atoms in total. The first-order chi connectivity index (χ1) is 8.69. The first kappa shape index (κ1) is 13.1. The van der Waals surface area contributed by atoms with Gasteiger partial charge in [-0.3, -0.25) is 4.79 Å². The van der Waals surface area contributed by atoms with Gasteiger partial charge in [0.1, 0.15) is 11.5 Å². The third-order valence-electron chi connectivity index (χ3n) is 4.17. The molecular formula is C16H22O2. The van der Waals surface area contributed by atoms with E-state index in [1.54, 1.807) is 18.2 Å². The molecule has 0 amide bonds. The topological polar surface area (TPSA) is 37.3 Å². The zero-order valence-corrected chi connectivity index (χ0v) is 11.1. The van der Waals surface area contributed by atoms with Gasteiger partial charge in [0, 0.05) is 12.3 Å². The number of ketones is 1. The predicted molar refractivity (Wildman–Crippen MR) is 72.6 cm³/mol. The Kier molecular flexibility index (Phi) is 4.40. The van der Waals surface area contributed by atoms with Crippen LogP contribution in [0.1, 0.15) is 44.6 Å². The summed E-state index contributed by atoms with van der Waals surface area (Å²) in [6, 6.07) is 7.04. The minimum absolute atomic E-state index is 0.245. The molecule has 1 N–H and O–H groups in total. The second kappa shape index (κ2) is 6.03. The Morgan fingerprint density at radius 2 is 2.00 bits per heavy atom. The van der Waals surface area contributed by atoms with Crippen LogP contribution in [0.3, 0.4) is 0 Å². The van der Waals surface area contributed by atoms with E-state index in [-0.39, 0.29) is 11.7 Å². The molecule has 0 spiro atoms. The fraction of sp³-hybridized carbons (Fsp3) is 0.562. The van der Waals surface area contributed by atoms with Crippen LogP contribution < -0.4 is 0 Å². The number of phenolic OH excluding ortho intramolecular Hbond substituents is 1. The van der Waals surface area contributed by atoms with Gasteiger partial charge in [-0.15, -0.1) is 0 Å². The molecule has 0 saturated heterocycles. The molecule has 0 heterocycles. The number of hydrogen-bond acceptors (Lipinski definition) is 2. The lowest BCUT2D eigenvalue weighted by molar-refractivity contribution is -0.123. The Balaban J connectivity index is 1.89. The van der Waals surface area contributed by atoms with Crippen LogP contribution in [0.5, 0.6) is 5.75 Å². The summed E-state index contributed by atoms with van der Waals surface area (Å²) < 4.78 is 0. The third kappa shape index (κ3) is 3.34. The minimum atomic E-state index is 0.245. The quantitative estimate of drug-likeness (QED) is 0.879. The van der Waals surface area contributed by atoms with E-state index >= 15 is 0 Å². The molecule has 0 bridgehead atoms. The Labute approximate surface area is 109 Å². The highest BCUT2D eigenvalue weighted by molar-refractivity contribution is 5.83. The molecule has 1 aromatic carbocycles. The molecule has 2 rings (SSSR count). The van der Waals surface area contributed by atoms with Crippen molar-refractivity contribution < 1.29 is 9.90 Å². The number of rotatable bonds is 4. The van der Waals surface area contributed by atoms with Crippen molar-refractivity contribution in [3.05, 3.63) is 29.8 Å². The van der Waals surface area contributed by atoms with Gasteiger partial charge in [0.2, 0.25) is 0 Å². The highest BCUT2D eigenvalue weighted by Crippen LogP contribution is 2.31. The van der Waals surface area contributed by atoms with Crippen LogP contribution in [-0.4, -0.2) is 10.9 Å². The summed E-state index contributed by atoms with van der Waals surface area (Å²) in [6.07, 6.45) is 6.22. The van der Waals surface area contributed by atoms with Crippen LogP contribution in [0, 0.1) is 11.8 Å². The van der Waals surface area contributed by atoms with Gasteiger partial charge >= 0.3 is 0 Å². The fourth-order valence-corrected chi connectivity index (χ4v) is 2.90. The van der Waals surface area contributed by atoms with Gasteiger partial charge in [-0.05, 0) is 49.3 Å². The molecule has 1 aliphatic rings. The molecule has 1 saturated carbocycles. The Hall–Kier alpha value is -1.31. The molecule has 1 aliphatic carbocycles. The summed E-state index contributed by atoms with van der Waals surface area (Å²) in [5.41, 5.74) is 0.928. The molecule has 0 unspecified atom stereocenters. The molecule has 0 radical (unpaired) electrons. The molecular weight excluding hydrogens is 224 g/mol. The summed E-state index contributed by atoms with van der Waals surface area (Å²) in [5, 5.41) is 9.39. The average molecular weight is 246 g/mol. The smallest absolute Gasteiger partial charge is 0.140 e. The zero-order chi connectivity index (χ0) is 13.0. The lowest BCUT2D eigenvalue weighted by atomic mass is 9.78. The summed E-state index contributed by atoms with van der Waals surface area (Å²) in [6.45, 7) is 2.24. The number of hydrogen-bond donors (Lipinski definition) is 1. The number of carbonyl (C=O) groups is 1. The zero-order valence-electron chi connectivity index (χ0n) is 11.1. The van der Waals surface area contributed by atoms with Gasteiger partial charge in [0.15, 0.2) is 0 Å². The SMILES string of the molecule is CCC1CCC(C(=O)Cc2cccc(O)c2)CC1. The van der Waals surface area contributed by atoms with Gasteiger partial charge < -0.3 is 5.11 Å². The summed E-state index contributed by atoms with van der Waals surface area (Å²) in [7, 11) is 0. The minimum Gasteiger partial charge on any atom is -0.508 e. The second-order valence-electron chi connectivity index (χ2n) is 5.44. The van der Waals surface area contributed by atoms with E-state index in [0.717, 1.165) is 24.3 Å². The number of benzene rings is 1. The lowest BCUT2D eigenvalue weighted by Gasteiger charge is -2.26. The Morgan fingerprint density at radius 3 is 2.61 bits per heavy atom. The second-order valence-corrected chi connectivity index (χ2v) is 5.44. The van der Waals surface area contributed by atoms with Crippen molar-refractivity contribution in [2.24, 2.45) is 11.8 Å². The van der Waals surface area contributed by atoms with E-state index in [4.69, 9.17) is 0 Å². The maximum Gasteiger partial charge on any atom is 0.140 e. The maximum atomic E-state index is 12.2. The van der Waals surface area contributed by atoms with Crippen molar-refractivity contribution in [1.82, 2.24) is 0 Å². The summed E-state index contributed by atoms with van der Waals surface area (Å²) in [4.78, 5) is 12.2. The number of Topliss-reactive ketones (excluding diaryl/α,β-unsaturated/α-hetero) is 1. The first-order valence-electron chi connectivity index (χ1n) is 6.99. The van der Waals surface area contributed by atoms with Gasteiger partial charge in [0.25, 0.3) is 0 Å². The molecule has 0 aliphatic heterocycles. The largest absolute Gasteiger partial charge is 0.508 e. The molecule has 98 valence electrons. The molecule has 0 atom stereocenters. The molecule has 2 heteroatoms. The molecule has 18 heavy (non-hydrogen) atoms. The summed E-state index contributed by atoms with van der Waals surface area (Å²) in [5.74, 6) is 1.66. The highest BCUT2D eigenvalue weighted by Gasteiger charge is 2.25. The van der Waals surface area contributed by atoms with Crippen LogP contribution in [0.4, 0.5) is 0 Å². The first-order valence-corrected chi connectivity index (χ1v) is 6.99. The molecule has 1 aromatic rings. The van der Waals surface area contributed by atoms with Crippen LogP contribution >= 0.6 is 0 Å². The van der Waals surface area contributed by atoms with Gasteiger partial charge in [-0.25, -0.2) is 0 Å². The Morgan fingerprint density at radius 1 is 1.28 bits per heavy atom. The van der Waals surface area contributed by atoms with E-state index in [1.165, 1.54) is 19.3 Å². The normalized spacial score (nSPS) is 23.8. The van der Waals surface area contributed by atoms with Crippen LogP contribution in [-0.2, 0) is 11.2 Å². The van der Waals surface area contributed by atoms with Gasteiger partial charge in [-0.1, -0.05) is 25.5 Å². The van der Waals surface area contributed by atoms with E-state index in [1.807, 2.05) is 6.07 Å². The number of phenols is 1. The third-order valence-corrected chi connectivity index (χ3v) is 4.17. The van der Waals surface area contributed by atoms with E-state index in [9.17, 15) is 9.90 Å². The van der Waals surface area contributed by atoms with Crippen molar-refractivity contribution in [2.75, 3.05) is 0 Å². The fourth-order valence-electron chi connectivity index (χ4n) is 2.90. The van der Waals surface area contributed by atoms with Crippen molar-refractivity contribution in [3.8, 4) is 5.75 Å². The van der Waals surface area contributed by atoms with Crippen LogP contribution in [0.25, 0.3) is 0 Å². The van der Waals surface area contributed by atoms with Gasteiger partial charge in [-0.2, -0.15) is 0 Å². The predicted octanol–water partition coefficient (Wildman–Crippen LogP) is 3.72. The number of aromatic hydroxyl groups is 1. The monoisotopic (exact) mass is 246 g/mol. The molecule has 1 fully saturated rings. The Bertz CT molecular complexity index is 403. The van der Waals surface area contributed by atoms with Crippen LogP contribution in [0.2, 0.25) is 0 Å². The molecule has 0 aromatic heterocycles. The highest BCUT2D eigenvalue weighted by atomic mass is 16.3. The van der Waals surface area contributed by atoms with E-state index < -0.39 is 0 Å². The van der Waals surface area contributed by atoms with Crippen LogP contribution in [0.15, 0.2) is 24.3 Å². The van der Waals surface area contributed by atoms with E-state index in [2.05, 4.69) is 6.92 Å². The lowest BCUT2D eigenvalue weighted by Crippen LogP contribution is -2.23. The number of carbonyl (C=O) groups excluding carboxylic acids is 1.